The van der Waals surface area contributed by atoms with Gasteiger partial charge in [0.1, 0.15) is 5.56 Å². The van der Waals surface area contributed by atoms with Crippen molar-refractivity contribution in [3.63, 3.8) is 0 Å². The van der Waals surface area contributed by atoms with Crippen molar-refractivity contribution in [2.75, 3.05) is 0 Å². The molecule has 0 saturated heterocycles. The lowest BCUT2D eigenvalue weighted by atomic mass is 9.76. The van der Waals surface area contributed by atoms with E-state index < -0.39 is 0 Å². The summed E-state index contributed by atoms with van der Waals surface area (Å²) in [7, 11) is 0. The number of amides is 1. The second kappa shape index (κ2) is 6.12. The minimum atomic E-state index is -0.344. The van der Waals surface area contributed by atoms with Gasteiger partial charge in [0.05, 0.1) is 18.0 Å². The van der Waals surface area contributed by atoms with Gasteiger partial charge in [0.2, 0.25) is 0 Å². The van der Waals surface area contributed by atoms with Crippen LogP contribution in [0.25, 0.3) is 5.52 Å². The van der Waals surface area contributed by atoms with Crippen molar-refractivity contribution in [3.05, 3.63) is 69.7 Å². The molecular weight excluding hydrogens is 328 g/mol. The SMILES string of the molecule is CC1(C)CCc2[nH]c(=O)c(C(=O)NCc3ccc4cncn4c3)cc2C1. The van der Waals surface area contributed by atoms with Gasteiger partial charge in [-0.2, -0.15) is 0 Å². The lowest BCUT2D eigenvalue weighted by Gasteiger charge is -2.31. The van der Waals surface area contributed by atoms with Gasteiger partial charge in [-0.05, 0) is 47.9 Å². The normalized spacial score (nSPS) is 15.6. The minimum absolute atomic E-state index is 0.185. The second-order valence-corrected chi connectivity index (χ2v) is 7.80. The molecule has 0 bridgehead atoms. The zero-order chi connectivity index (χ0) is 18.3. The molecule has 1 amide bonds. The number of carbonyl (C=O) groups excluding carboxylic acids is 1. The van der Waals surface area contributed by atoms with E-state index in [2.05, 4.69) is 29.1 Å². The third-order valence-electron chi connectivity index (χ3n) is 5.10. The molecule has 0 atom stereocenters. The molecule has 0 fully saturated rings. The van der Waals surface area contributed by atoms with E-state index in [0.29, 0.717) is 6.54 Å². The molecule has 3 aromatic rings. The highest BCUT2D eigenvalue weighted by Crippen LogP contribution is 2.33. The van der Waals surface area contributed by atoms with E-state index in [1.54, 1.807) is 18.6 Å². The van der Waals surface area contributed by atoms with Crippen LogP contribution in [0.15, 0.2) is 41.7 Å². The van der Waals surface area contributed by atoms with Crippen LogP contribution in [0, 0.1) is 5.41 Å². The van der Waals surface area contributed by atoms with Gasteiger partial charge in [0.25, 0.3) is 11.5 Å². The zero-order valence-corrected chi connectivity index (χ0v) is 15.0. The Morgan fingerprint density at radius 2 is 2.23 bits per heavy atom. The van der Waals surface area contributed by atoms with Crippen LogP contribution >= 0.6 is 0 Å². The fraction of sp³-hybridized carbons (Fsp3) is 0.350. The van der Waals surface area contributed by atoms with Crippen LogP contribution in [0.5, 0.6) is 0 Å². The molecule has 3 aromatic heterocycles. The van der Waals surface area contributed by atoms with E-state index in [1.165, 1.54) is 0 Å². The summed E-state index contributed by atoms with van der Waals surface area (Å²) in [6.45, 7) is 4.79. The van der Waals surface area contributed by atoms with Gasteiger partial charge in [-0.15, -0.1) is 0 Å². The van der Waals surface area contributed by atoms with Gasteiger partial charge >= 0.3 is 0 Å². The summed E-state index contributed by atoms with van der Waals surface area (Å²) in [5.41, 5.74) is 4.05. The maximum atomic E-state index is 12.5. The lowest BCUT2D eigenvalue weighted by molar-refractivity contribution is 0.0949. The first-order chi connectivity index (χ1) is 12.4. The standard InChI is InChI=1S/C20H22N4O2/c1-20(2)6-5-17-14(8-20)7-16(19(26)23-17)18(25)22-9-13-3-4-15-10-21-12-24(15)11-13/h3-4,7,10-12H,5-6,8-9H2,1-2H3,(H,22,25)(H,23,26). The van der Waals surface area contributed by atoms with Crippen molar-refractivity contribution in [2.24, 2.45) is 5.41 Å². The Hall–Kier alpha value is -2.89. The maximum Gasteiger partial charge on any atom is 0.261 e. The average Bonchev–Trinajstić information content (AvgIpc) is 3.06. The Labute approximate surface area is 151 Å². The smallest absolute Gasteiger partial charge is 0.261 e. The monoisotopic (exact) mass is 350 g/mol. The Morgan fingerprint density at radius 1 is 1.38 bits per heavy atom. The Bertz CT molecular complexity index is 1050. The molecule has 0 unspecified atom stereocenters. The predicted octanol–water partition coefficient (Wildman–Crippen LogP) is 2.47. The fourth-order valence-electron chi connectivity index (χ4n) is 3.58. The number of fused-ring (bicyclic) bond motifs is 2. The van der Waals surface area contributed by atoms with E-state index in [4.69, 9.17) is 0 Å². The number of aryl methyl sites for hydroxylation is 1. The Kier molecular flexibility index (Phi) is 3.90. The number of hydrogen-bond acceptors (Lipinski definition) is 3. The average molecular weight is 350 g/mol. The third-order valence-corrected chi connectivity index (χ3v) is 5.10. The highest BCUT2D eigenvalue weighted by atomic mass is 16.2. The highest BCUT2D eigenvalue weighted by Gasteiger charge is 2.27. The summed E-state index contributed by atoms with van der Waals surface area (Å²) in [6.07, 6.45) is 8.18. The van der Waals surface area contributed by atoms with Gasteiger partial charge < -0.3 is 14.7 Å². The molecule has 0 aromatic carbocycles. The predicted molar refractivity (Wildman–Crippen MR) is 99.2 cm³/mol. The van der Waals surface area contributed by atoms with Crippen molar-refractivity contribution < 1.29 is 4.79 Å². The number of hydrogen-bond donors (Lipinski definition) is 2. The van der Waals surface area contributed by atoms with Crippen LogP contribution < -0.4 is 10.9 Å². The summed E-state index contributed by atoms with van der Waals surface area (Å²) in [5, 5.41) is 2.85. The first-order valence-electron chi connectivity index (χ1n) is 8.85. The molecule has 134 valence electrons. The summed E-state index contributed by atoms with van der Waals surface area (Å²) in [6, 6.07) is 5.66. The van der Waals surface area contributed by atoms with Crippen molar-refractivity contribution >= 4 is 11.4 Å². The maximum absolute atomic E-state index is 12.5. The summed E-state index contributed by atoms with van der Waals surface area (Å²) >= 11 is 0. The Balaban J connectivity index is 1.53. The number of carbonyl (C=O) groups is 1. The third kappa shape index (κ3) is 3.14. The fourth-order valence-corrected chi connectivity index (χ4v) is 3.58. The molecule has 1 aliphatic carbocycles. The zero-order valence-electron chi connectivity index (χ0n) is 15.0. The van der Waals surface area contributed by atoms with Crippen LogP contribution in [0.1, 0.15) is 47.4 Å². The number of nitrogens with one attached hydrogen (secondary N) is 2. The van der Waals surface area contributed by atoms with Crippen LogP contribution in [0.3, 0.4) is 0 Å². The molecule has 4 rings (SSSR count). The van der Waals surface area contributed by atoms with E-state index in [9.17, 15) is 9.59 Å². The molecule has 6 nitrogen and oxygen atoms in total. The largest absolute Gasteiger partial charge is 0.348 e. The topological polar surface area (TPSA) is 79.3 Å². The number of imidazole rings is 1. The van der Waals surface area contributed by atoms with E-state index >= 15 is 0 Å². The molecule has 0 saturated carbocycles. The molecule has 6 heteroatoms. The van der Waals surface area contributed by atoms with E-state index in [1.807, 2.05) is 22.7 Å². The molecule has 26 heavy (non-hydrogen) atoms. The quantitative estimate of drug-likeness (QED) is 0.761. The molecule has 3 heterocycles. The summed E-state index contributed by atoms with van der Waals surface area (Å²) in [4.78, 5) is 31.9. The van der Waals surface area contributed by atoms with Crippen molar-refractivity contribution in [1.82, 2.24) is 19.7 Å². The number of H-pyrrole nitrogens is 1. The second-order valence-electron chi connectivity index (χ2n) is 7.80. The van der Waals surface area contributed by atoms with Crippen LogP contribution in [-0.2, 0) is 19.4 Å². The molecule has 2 N–H and O–H groups in total. The number of nitrogens with zero attached hydrogens (tertiary/aromatic N) is 2. The number of rotatable bonds is 3. The lowest BCUT2D eigenvalue weighted by Crippen LogP contribution is -2.32. The van der Waals surface area contributed by atoms with Crippen molar-refractivity contribution in [1.29, 1.82) is 0 Å². The molecule has 0 aliphatic heterocycles. The van der Waals surface area contributed by atoms with Crippen LogP contribution in [0.2, 0.25) is 0 Å². The van der Waals surface area contributed by atoms with Gasteiger partial charge in [-0.25, -0.2) is 4.98 Å². The first-order valence-corrected chi connectivity index (χ1v) is 8.85. The molecular formula is C20H22N4O2. The van der Waals surface area contributed by atoms with Gasteiger partial charge in [0, 0.05) is 18.4 Å². The van der Waals surface area contributed by atoms with E-state index in [0.717, 1.165) is 41.6 Å². The van der Waals surface area contributed by atoms with E-state index in [-0.39, 0.29) is 22.4 Å². The molecule has 1 aliphatic rings. The Morgan fingerprint density at radius 3 is 3.08 bits per heavy atom. The van der Waals surface area contributed by atoms with Gasteiger partial charge in [-0.3, -0.25) is 9.59 Å². The first kappa shape index (κ1) is 16.6. The van der Waals surface area contributed by atoms with Gasteiger partial charge in [0.15, 0.2) is 0 Å². The van der Waals surface area contributed by atoms with Crippen molar-refractivity contribution in [2.45, 2.75) is 39.7 Å². The highest BCUT2D eigenvalue weighted by molar-refractivity contribution is 5.94. The number of aromatic nitrogens is 3. The molecule has 0 radical (unpaired) electrons. The molecule has 0 spiro atoms. The van der Waals surface area contributed by atoms with Crippen LogP contribution in [-0.4, -0.2) is 20.3 Å². The number of pyridine rings is 2. The van der Waals surface area contributed by atoms with Crippen molar-refractivity contribution in [3.8, 4) is 0 Å². The van der Waals surface area contributed by atoms with Gasteiger partial charge in [-0.1, -0.05) is 19.9 Å². The number of aromatic amines is 1. The summed E-state index contributed by atoms with van der Waals surface area (Å²) in [5.74, 6) is -0.344. The minimum Gasteiger partial charge on any atom is -0.348 e. The summed E-state index contributed by atoms with van der Waals surface area (Å²) < 4.78 is 1.90. The van der Waals surface area contributed by atoms with Crippen LogP contribution in [0.4, 0.5) is 0 Å².